The van der Waals surface area contributed by atoms with E-state index in [4.69, 9.17) is 22.5 Å². The van der Waals surface area contributed by atoms with Crippen LogP contribution in [0.4, 0.5) is 4.39 Å². The molecule has 0 aromatic carbocycles. The van der Waals surface area contributed by atoms with Gasteiger partial charge < -0.3 is 0 Å². The zero-order valence-corrected chi connectivity index (χ0v) is 7.16. The first-order valence-corrected chi connectivity index (χ1v) is 5.58. The molecule has 0 atom stereocenters. The third-order valence-corrected chi connectivity index (χ3v) is 4.75. The second-order valence-electron chi connectivity index (χ2n) is 0.930. The van der Waals surface area contributed by atoms with Crippen molar-refractivity contribution in [2.24, 2.45) is 0 Å². The average Bonchev–Trinajstić information content (AvgIpc) is 1.25. The van der Waals surface area contributed by atoms with Crippen LogP contribution in [0.1, 0.15) is 0 Å². The summed E-state index contributed by atoms with van der Waals surface area (Å²) in [4.78, 5) is 0. The molecule has 0 heterocycles. The van der Waals surface area contributed by atoms with Crippen LogP contribution in [-0.2, 0) is 4.57 Å². The van der Waals surface area contributed by atoms with Gasteiger partial charge in [0.2, 0.25) is 0 Å². The lowest BCUT2D eigenvalue weighted by atomic mass is 11.7. The molecule has 0 saturated heterocycles. The molecule has 0 rings (SSSR count). The summed E-state index contributed by atoms with van der Waals surface area (Å²) < 4.78 is 19.0. The monoisotopic (exact) mass is 218 g/mol. The van der Waals surface area contributed by atoms with Gasteiger partial charge in [-0.3, -0.25) is 4.57 Å². The van der Waals surface area contributed by atoms with Crippen LogP contribution < -0.4 is 0 Å². The van der Waals surface area contributed by atoms with Crippen LogP contribution in [0.25, 0.3) is 0 Å². The second-order valence-corrected chi connectivity index (χ2v) is 7.61. The Hall–Kier alpha value is 1.32. The lowest BCUT2D eigenvalue weighted by molar-refractivity contribution is 0.483. The molecule has 0 aromatic rings. The predicted octanol–water partition coefficient (Wildman–Crippen LogP) is 3.72. The van der Waals surface area contributed by atoms with E-state index in [0.29, 0.717) is 0 Å². The average molecular weight is 220 g/mol. The Kier molecular flexibility index (Phi) is 2.93. The van der Waals surface area contributed by atoms with Gasteiger partial charge in [0.25, 0.3) is 0 Å². The van der Waals surface area contributed by atoms with Crippen molar-refractivity contribution < 1.29 is 8.96 Å². The summed E-state index contributed by atoms with van der Waals surface area (Å²) in [5, 5.41) is 0. The van der Waals surface area contributed by atoms with Crippen molar-refractivity contribution in [1.29, 1.82) is 0 Å². The van der Waals surface area contributed by atoms with Crippen LogP contribution in [0.3, 0.4) is 0 Å². The van der Waals surface area contributed by atoms with Crippen molar-refractivity contribution in [3.63, 3.8) is 0 Å². The second kappa shape index (κ2) is 2.51. The standard InChI is InChI=1S/CCl4FOP/c2-1(3,6)8(4,5)7. The molecule has 0 saturated carbocycles. The SMILES string of the molecule is O=P(Cl)(Cl)C(F)(Cl)Cl. The quantitative estimate of drug-likeness (QED) is 0.486. The van der Waals surface area contributed by atoms with Crippen molar-refractivity contribution in [1.82, 2.24) is 0 Å². The normalized spacial score (nSPS) is 14.1. The maximum atomic E-state index is 11.9. The van der Waals surface area contributed by atoms with Gasteiger partial charge in [-0.15, -0.1) is 0 Å². The van der Waals surface area contributed by atoms with E-state index in [1.54, 1.807) is 0 Å². The van der Waals surface area contributed by atoms with Crippen molar-refractivity contribution in [3.8, 4) is 0 Å². The summed E-state index contributed by atoms with van der Waals surface area (Å²) >= 11 is 18.5. The van der Waals surface area contributed by atoms with Crippen molar-refractivity contribution in [2.45, 2.75) is 4.33 Å². The fourth-order valence-corrected chi connectivity index (χ4v) is 0. The Labute approximate surface area is 65.0 Å². The molecule has 7 heteroatoms. The van der Waals surface area contributed by atoms with Gasteiger partial charge >= 0.3 is 10.2 Å². The van der Waals surface area contributed by atoms with E-state index >= 15 is 0 Å². The highest BCUT2D eigenvalue weighted by atomic mass is 35.9. The van der Waals surface area contributed by atoms with Gasteiger partial charge in [-0.25, -0.2) is 0 Å². The van der Waals surface area contributed by atoms with Crippen LogP contribution in [0.15, 0.2) is 0 Å². The molecule has 0 fully saturated rings. The number of rotatable bonds is 1. The largest absolute Gasteiger partial charge is 0.336 e. The number of hydrogen-bond acceptors (Lipinski definition) is 1. The van der Waals surface area contributed by atoms with Crippen LogP contribution in [0.2, 0.25) is 0 Å². The van der Waals surface area contributed by atoms with Gasteiger partial charge in [-0.05, 0) is 22.5 Å². The van der Waals surface area contributed by atoms with Gasteiger partial charge in [0.1, 0.15) is 0 Å². The molecule has 0 bridgehead atoms. The predicted molar refractivity (Wildman–Crippen MR) is 34.9 cm³/mol. The summed E-state index contributed by atoms with van der Waals surface area (Å²) in [5.74, 6) is -4.04. The van der Waals surface area contributed by atoms with E-state index in [1.807, 2.05) is 0 Å². The highest BCUT2D eigenvalue weighted by molar-refractivity contribution is 8.11. The highest BCUT2D eigenvalue weighted by Crippen LogP contribution is 2.71. The minimum Gasteiger partial charge on any atom is -0.283 e. The van der Waals surface area contributed by atoms with Crippen LogP contribution >= 0.6 is 51.5 Å². The zero-order chi connectivity index (χ0) is 7.00. The smallest absolute Gasteiger partial charge is 0.283 e. The molecule has 50 valence electrons. The van der Waals surface area contributed by atoms with E-state index in [2.05, 4.69) is 23.2 Å². The Morgan fingerprint density at radius 3 is 1.50 bits per heavy atom. The first-order valence-electron chi connectivity index (χ1n) is 1.31. The lowest BCUT2D eigenvalue weighted by Gasteiger charge is -2.07. The molecule has 0 aliphatic carbocycles. The Morgan fingerprint density at radius 1 is 1.38 bits per heavy atom. The summed E-state index contributed by atoms with van der Waals surface area (Å²) in [7, 11) is 0. The lowest BCUT2D eigenvalue weighted by Crippen LogP contribution is -1.95. The van der Waals surface area contributed by atoms with Crippen molar-refractivity contribution in [3.05, 3.63) is 0 Å². The molecule has 0 aliphatic heterocycles. The summed E-state index contributed by atoms with van der Waals surface area (Å²) in [5.41, 5.74) is 0. The number of hydrogen-bond donors (Lipinski definition) is 0. The zero-order valence-electron chi connectivity index (χ0n) is 3.25. The molecule has 0 radical (unpaired) electrons. The van der Waals surface area contributed by atoms with Gasteiger partial charge in [0.15, 0.2) is 0 Å². The fourth-order valence-electron chi connectivity index (χ4n) is 0. The van der Waals surface area contributed by atoms with Gasteiger partial charge in [-0.2, -0.15) is 4.39 Å². The molecule has 0 aromatic heterocycles. The maximum absolute atomic E-state index is 11.9. The Balaban J connectivity index is 4.26. The Bertz CT molecular complexity index is 122. The van der Waals surface area contributed by atoms with Crippen molar-refractivity contribution >= 4 is 51.5 Å². The minimum absolute atomic E-state index is 3.03. The van der Waals surface area contributed by atoms with Crippen LogP contribution in [0, 0.1) is 0 Å². The molecule has 0 unspecified atom stereocenters. The molecular formula is CCl4FOP. The molecule has 0 aliphatic rings. The highest BCUT2D eigenvalue weighted by Gasteiger charge is 2.43. The van der Waals surface area contributed by atoms with Gasteiger partial charge in [0.05, 0.1) is 0 Å². The Morgan fingerprint density at radius 2 is 1.50 bits per heavy atom. The van der Waals surface area contributed by atoms with E-state index in [-0.39, 0.29) is 0 Å². The van der Waals surface area contributed by atoms with E-state index in [1.165, 1.54) is 0 Å². The summed E-state index contributed by atoms with van der Waals surface area (Å²) in [6, 6.07) is 0. The summed E-state index contributed by atoms with van der Waals surface area (Å²) in [6.45, 7) is 0. The van der Waals surface area contributed by atoms with Crippen LogP contribution in [-0.4, -0.2) is 4.33 Å². The molecule has 8 heavy (non-hydrogen) atoms. The van der Waals surface area contributed by atoms with Gasteiger partial charge in [-0.1, -0.05) is 23.2 Å². The third-order valence-electron chi connectivity index (χ3n) is 0.295. The van der Waals surface area contributed by atoms with E-state index in [9.17, 15) is 8.96 Å². The van der Waals surface area contributed by atoms with E-state index < -0.39 is 10.2 Å². The molecule has 0 spiro atoms. The van der Waals surface area contributed by atoms with Crippen molar-refractivity contribution in [2.75, 3.05) is 0 Å². The summed E-state index contributed by atoms with van der Waals surface area (Å²) in [6.07, 6.45) is 0. The molecule has 1 nitrogen and oxygen atoms in total. The fraction of sp³-hybridized carbons (Fsp3) is 1.00. The maximum Gasteiger partial charge on any atom is 0.336 e. The van der Waals surface area contributed by atoms with E-state index in [0.717, 1.165) is 0 Å². The third kappa shape index (κ3) is 2.75. The topological polar surface area (TPSA) is 17.1 Å². The van der Waals surface area contributed by atoms with Crippen LogP contribution in [0.5, 0.6) is 0 Å². The molecule has 0 N–H and O–H groups in total. The molecular weight excluding hydrogens is 220 g/mol. The number of halogens is 5. The first-order chi connectivity index (χ1) is 3.25. The number of alkyl halides is 3. The minimum atomic E-state index is -4.04. The molecule has 0 amide bonds. The van der Waals surface area contributed by atoms with Gasteiger partial charge in [0, 0.05) is 0 Å². The first kappa shape index (κ1) is 9.32.